The van der Waals surface area contributed by atoms with Crippen molar-refractivity contribution in [3.63, 3.8) is 0 Å². The van der Waals surface area contributed by atoms with Crippen LogP contribution in [0.1, 0.15) is 58.7 Å². The Morgan fingerprint density at radius 1 is 1.11 bits per heavy atom. The van der Waals surface area contributed by atoms with E-state index in [0.717, 1.165) is 28.7 Å². The van der Waals surface area contributed by atoms with E-state index in [1.165, 1.54) is 24.4 Å². The summed E-state index contributed by atoms with van der Waals surface area (Å²) >= 11 is 1.50. The number of benzene rings is 2. The highest BCUT2D eigenvalue weighted by atomic mass is 32.2. The summed E-state index contributed by atoms with van der Waals surface area (Å²) in [6.45, 7) is 6.29. The lowest BCUT2D eigenvalue weighted by molar-refractivity contribution is 0.0599. The first-order valence-corrected chi connectivity index (χ1v) is 12.5. The molecule has 0 radical (unpaired) electrons. The molecular weight excluding hydrogens is 462 g/mol. The quantitative estimate of drug-likeness (QED) is 0.199. The summed E-state index contributed by atoms with van der Waals surface area (Å²) in [5.74, 6) is 2.82. The molecule has 0 aliphatic heterocycles. The Bertz CT molecular complexity index is 1270. The summed E-state index contributed by atoms with van der Waals surface area (Å²) in [5, 5.41) is 9.66. The van der Waals surface area contributed by atoms with Crippen molar-refractivity contribution in [2.75, 3.05) is 7.11 Å². The average molecular weight is 492 g/mol. The first-order valence-electron chi connectivity index (χ1n) is 11.5. The zero-order valence-electron chi connectivity index (χ0n) is 20.4. The molecule has 2 heterocycles. The molecule has 1 atom stereocenters. The van der Waals surface area contributed by atoms with Crippen LogP contribution in [0.25, 0.3) is 0 Å². The maximum Gasteiger partial charge on any atom is 0.341 e. The molecule has 35 heavy (non-hydrogen) atoms. The standard InChI is InChI=1S/C27H29N3O4S/c1-5-20-11-13-22(14-12-20)33-16-25-28-29-27(30(25)18(2)21-9-7-6-8-10-21)35-17-23-15-24(19(3)34-23)26(31)32-4/h6-15,18H,5,16-17H2,1-4H3/t18-/m1/s1. The number of aryl methyl sites for hydroxylation is 2. The number of hydrogen-bond donors (Lipinski definition) is 0. The minimum Gasteiger partial charge on any atom is -0.486 e. The van der Waals surface area contributed by atoms with Gasteiger partial charge in [0.05, 0.1) is 18.9 Å². The third-order valence-electron chi connectivity index (χ3n) is 5.82. The molecular formula is C27H29N3O4S. The smallest absolute Gasteiger partial charge is 0.341 e. The highest BCUT2D eigenvalue weighted by molar-refractivity contribution is 7.98. The number of carbonyl (C=O) groups excluding carboxylic acids is 1. The van der Waals surface area contributed by atoms with Crippen LogP contribution in [-0.4, -0.2) is 27.8 Å². The summed E-state index contributed by atoms with van der Waals surface area (Å²) in [5.41, 5.74) is 2.84. The van der Waals surface area contributed by atoms with Gasteiger partial charge in [-0.15, -0.1) is 10.2 Å². The number of furan rings is 1. The predicted molar refractivity (Wildman–Crippen MR) is 135 cm³/mol. The molecule has 0 spiro atoms. The van der Waals surface area contributed by atoms with E-state index in [4.69, 9.17) is 13.9 Å². The Morgan fingerprint density at radius 2 is 1.86 bits per heavy atom. The fourth-order valence-corrected chi connectivity index (χ4v) is 4.72. The van der Waals surface area contributed by atoms with Gasteiger partial charge in [-0.2, -0.15) is 0 Å². The molecule has 2 aromatic carbocycles. The summed E-state index contributed by atoms with van der Waals surface area (Å²) in [7, 11) is 1.36. The van der Waals surface area contributed by atoms with E-state index in [9.17, 15) is 4.79 Å². The van der Waals surface area contributed by atoms with Crippen molar-refractivity contribution in [3.05, 3.63) is 94.7 Å². The lowest BCUT2D eigenvalue weighted by atomic mass is 10.1. The summed E-state index contributed by atoms with van der Waals surface area (Å²) in [6.07, 6.45) is 0.986. The lowest BCUT2D eigenvalue weighted by Gasteiger charge is -2.18. The van der Waals surface area contributed by atoms with Crippen molar-refractivity contribution >= 4 is 17.7 Å². The molecule has 182 valence electrons. The number of ether oxygens (including phenoxy) is 2. The lowest BCUT2D eigenvalue weighted by Crippen LogP contribution is -2.14. The van der Waals surface area contributed by atoms with Gasteiger partial charge < -0.3 is 13.9 Å². The largest absolute Gasteiger partial charge is 0.486 e. The van der Waals surface area contributed by atoms with Gasteiger partial charge >= 0.3 is 5.97 Å². The third-order valence-corrected chi connectivity index (χ3v) is 6.79. The van der Waals surface area contributed by atoms with Gasteiger partial charge in [0.25, 0.3) is 0 Å². The molecule has 2 aromatic heterocycles. The van der Waals surface area contributed by atoms with Crippen molar-refractivity contribution in [2.24, 2.45) is 0 Å². The predicted octanol–water partition coefficient (Wildman–Crippen LogP) is 6.01. The minimum atomic E-state index is -0.408. The molecule has 0 fully saturated rings. The highest BCUT2D eigenvalue weighted by Gasteiger charge is 2.21. The summed E-state index contributed by atoms with van der Waals surface area (Å²) in [6, 6.07) is 20.0. The molecule has 0 unspecified atom stereocenters. The van der Waals surface area contributed by atoms with Gasteiger partial charge in [0.2, 0.25) is 0 Å². The molecule has 0 saturated carbocycles. The van der Waals surface area contributed by atoms with E-state index >= 15 is 0 Å². The van der Waals surface area contributed by atoms with Crippen LogP contribution >= 0.6 is 11.8 Å². The maximum atomic E-state index is 11.9. The van der Waals surface area contributed by atoms with Crippen molar-refractivity contribution in [1.29, 1.82) is 0 Å². The average Bonchev–Trinajstić information content (AvgIpc) is 3.48. The Labute approximate surface area is 209 Å². The fraction of sp³-hybridized carbons (Fsp3) is 0.296. The number of methoxy groups -OCH3 is 1. The number of thioether (sulfide) groups is 1. The monoisotopic (exact) mass is 491 g/mol. The molecule has 0 aliphatic rings. The van der Waals surface area contributed by atoms with Crippen LogP contribution in [0.2, 0.25) is 0 Å². The Kier molecular flexibility index (Phi) is 7.92. The SMILES string of the molecule is CCc1ccc(OCc2nnc(SCc3cc(C(=O)OC)c(C)o3)n2[C@H](C)c2ccccc2)cc1. The number of nitrogens with zero attached hydrogens (tertiary/aromatic N) is 3. The van der Waals surface area contributed by atoms with Crippen LogP contribution in [0.3, 0.4) is 0 Å². The number of aromatic nitrogens is 3. The van der Waals surface area contributed by atoms with Crippen LogP contribution in [0.5, 0.6) is 5.75 Å². The van der Waals surface area contributed by atoms with E-state index in [2.05, 4.69) is 52.9 Å². The van der Waals surface area contributed by atoms with Crippen LogP contribution in [-0.2, 0) is 23.5 Å². The van der Waals surface area contributed by atoms with Crippen molar-refractivity contribution < 1.29 is 18.7 Å². The molecule has 7 nitrogen and oxygen atoms in total. The van der Waals surface area contributed by atoms with E-state index in [1.807, 2.05) is 30.3 Å². The Balaban J connectivity index is 1.56. The first-order chi connectivity index (χ1) is 17.0. The molecule has 0 amide bonds. The van der Waals surface area contributed by atoms with Gasteiger partial charge in [0.1, 0.15) is 29.4 Å². The van der Waals surface area contributed by atoms with E-state index in [-0.39, 0.29) is 6.04 Å². The zero-order chi connectivity index (χ0) is 24.8. The van der Waals surface area contributed by atoms with E-state index in [0.29, 0.717) is 29.4 Å². The second kappa shape index (κ2) is 11.3. The molecule has 0 aliphatic carbocycles. The normalized spacial score (nSPS) is 11.9. The molecule has 0 saturated heterocycles. The molecule has 4 rings (SSSR count). The van der Waals surface area contributed by atoms with Gasteiger partial charge in [-0.3, -0.25) is 4.57 Å². The maximum absolute atomic E-state index is 11.9. The molecule has 8 heteroatoms. The van der Waals surface area contributed by atoms with Gasteiger partial charge in [0.15, 0.2) is 11.0 Å². The molecule has 0 bridgehead atoms. The van der Waals surface area contributed by atoms with Crippen molar-refractivity contribution in [1.82, 2.24) is 14.8 Å². The highest BCUT2D eigenvalue weighted by Crippen LogP contribution is 2.30. The van der Waals surface area contributed by atoms with E-state index in [1.54, 1.807) is 13.0 Å². The second-order valence-corrected chi connectivity index (χ2v) is 9.05. The van der Waals surface area contributed by atoms with Crippen molar-refractivity contribution in [2.45, 2.75) is 50.8 Å². The molecule has 4 aromatic rings. The van der Waals surface area contributed by atoms with Crippen LogP contribution < -0.4 is 4.74 Å². The number of esters is 1. The van der Waals surface area contributed by atoms with Gasteiger partial charge in [-0.25, -0.2) is 4.79 Å². The minimum absolute atomic E-state index is 0.00117. The molecule has 0 N–H and O–H groups in total. The van der Waals surface area contributed by atoms with Crippen LogP contribution in [0.15, 0.2) is 70.2 Å². The zero-order valence-corrected chi connectivity index (χ0v) is 21.2. The Morgan fingerprint density at radius 3 is 2.54 bits per heavy atom. The topological polar surface area (TPSA) is 79.4 Å². The third kappa shape index (κ3) is 5.77. The van der Waals surface area contributed by atoms with Crippen LogP contribution in [0, 0.1) is 6.92 Å². The van der Waals surface area contributed by atoms with Crippen molar-refractivity contribution in [3.8, 4) is 5.75 Å². The summed E-state index contributed by atoms with van der Waals surface area (Å²) < 4.78 is 18.7. The first kappa shape index (κ1) is 24.6. The van der Waals surface area contributed by atoms with Crippen LogP contribution in [0.4, 0.5) is 0 Å². The number of rotatable bonds is 10. The van der Waals surface area contributed by atoms with Gasteiger partial charge in [0, 0.05) is 0 Å². The fourth-order valence-electron chi connectivity index (χ4n) is 3.81. The second-order valence-electron chi connectivity index (χ2n) is 8.10. The summed E-state index contributed by atoms with van der Waals surface area (Å²) in [4.78, 5) is 11.9. The Hall–Kier alpha value is -3.52. The number of hydrogen-bond acceptors (Lipinski definition) is 7. The number of carbonyl (C=O) groups is 1. The van der Waals surface area contributed by atoms with E-state index < -0.39 is 5.97 Å². The van der Waals surface area contributed by atoms with Gasteiger partial charge in [-0.1, -0.05) is 61.2 Å². The van der Waals surface area contributed by atoms with Gasteiger partial charge in [-0.05, 0) is 49.6 Å².